The summed E-state index contributed by atoms with van der Waals surface area (Å²) in [7, 11) is 3.39. The zero-order chi connectivity index (χ0) is 14.5. The van der Waals surface area contributed by atoms with Gasteiger partial charge in [0.05, 0.1) is 4.92 Å². The van der Waals surface area contributed by atoms with Crippen LogP contribution < -0.4 is 10.2 Å². The molecule has 0 aliphatic carbocycles. The second kappa shape index (κ2) is 5.91. The van der Waals surface area contributed by atoms with Gasteiger partial charge in [-0.25, -0.2) is 9.97 Å². The normalized spacial score (nSPS) is 10.1. The molecule has 0 aliphatic rings. The highest BCUT2D eigenvalue weighted by Gasteiger charge is 2.23. The molecule has 2 aromatic rings. The minimum Gasteiger partial charge on any atom is -0.360 e. The van der Waals surface area contributed by atoms with Gasteiger partial charge >= 0.3 is 5.69 Å². The van der Waals surface area contributed by atoms with Gasteiger partial charge in [0.1, 0.15) is 6.33 Å². The molecule has 1 N–H and O–H groups in total. The van der Waals surface area contributed by atoms with Crippen molar-refractivity contribution in [3.8, 4) is 0 Å². The standard InChI is InChI=1S/C12H14N6O2/c1-17(2)12-10(18(19)20)11(15-8-16-12)14-7-9-4-3-5-13-6-9/h3-6,8H,7H2,1-2H3,(H,14,15,16). The van der Waals surface area contributed by atoms with Crippen molar-refractivity contribution in [2.45, 2.75) is 6.54 Å². The summed E-state index contributed by atoms with van der Waals surface area (Å²) in [5, 5.41) is 14.2. The Hall–Kier alpha value is -2.77. The molecule has 0 atom stereocenters. The van der Waals surface area contributed by atoms with Gasteiger partial charge < -0.3 is 10.2 Å². The van der Waals surface area contributed by atoms with Gasteiger partial charge in [0.15, 0.2) is 0 Å². The van der Waals surface area contributed by atoms with E-state index >= 15 is 0 Å². The van der Waals surface area contributed by atoms with Crippen LogP contribution in [0.25, 0.3) is 0 Å². The summed E-state index contributed by atoms with van der Waals surface area (Å²) in [6, 6.07) is 3.68. The third-order valence-electron chi connectivity index (χ3n) is 2.59. The molecular formula is C12H14N6O2. The predicted octanol–water partition coefficient (Wildman–Crippen LogP) is 1.46. The summed E-state index contributed by atoms with van der Waals surface area (Å²) in [5.41, 5.74) is 0.771. The Morgan fingerprint density at radius 1 is 1.40 bits per heavy atom. The number of anilines is 2. The molecule has 0 fully saturated rings. The van der Waals surface area contributed by atoms with Crippen molar-refractivity contribution >= 4 is 17.3 Å². The molecule has 0 saturated heterocycles. The van der Waals surface area contributed by atoms with Crippen LogP contribution in [0.5, 0.6) is 0 Å². The molecule has 0 bridgehead atoms. The Morgan fingerprint density at radius 2 is 2.20 bits per heavy atom. The van der Waals surface area contributed by atoms with E-state index < -0.39 is 4.92 Å². The summed E-state index contributed by atoms with van der Waals surface area (Å²) in [6.45, 7) is 0.401. The third-order valence-corrected chi connectivity index (χ3v) is 2.59. The monoisotopic (exact) mass is 274 g/mol. The van der Waals surface area contributed by atoms with Crippen LogP contribution >= 0.6 is 0 Å². The number of nitrogens with one attached hydrogen (secondary N) is 1. The molecule has 8 nitrogen and oxygen atoms in total. The largest absolute Gasteiger partial charge is 0.360 e. The smallest absolute Gasteiger partial charge is 0.353 e. The molecule has 2 heterocycles. The number of nitrogens with zero attached hydrogens (tertiary/aromatic N) is 5. The van der Waals surface area contributed by atoms with Crippen LogP contribution in [0.4, 0.5) is 17.3 Å². The van der Waals surface area contributed by atoms with Crippen molar-refractivity contribution in [2.24, 2.45) is 0 Å². The Morgan fingerprint density at radius 3 is 2.80 bits per heavy atom. The molecule has 0 radical (unpaired) electrons. The van der Waals surface area contributed by atoms with Crippen molar-refractivity contribution in [3.63, 3.8) is 0 Å². The predicted molar refractivity (Wildman–Crippen MR) is 74.6 cm³/mol. The first kappa shape index (κ1) is 13.7. The molecule has 8 heteroatoms. The van der Waals surface area contributed by atoms with Crippen LogP contribution in [0.3, 0.4) is 0 Å². The molecule has 0 amide bonds. The number of hydrogen-bond acceptors (Lipinski definition) is 7. The average molecular weight is 274 g/mol. The maximum Gasteiger partial charge on any atom is 0.353 e. The number of nitro groups is 1. The van der Waals surface area contributed by atoms with E-state index in [4.69, 9.17) is 0 Å². The first-order valence-electron chi connectivity index (χ1n) is 5.89. The molecule has 2 aromatic heterocycles. The quantitative estimate of drug-likeness (QED) is 0.651. The van der Waals surface area contributed by atoms with Crippen LogP contribution in [0.15, 0.2) is 30.9 Å². The maximum atomic E-state index is 11.2. The maximum absolute atomic E-state index is 11.2. The van der Waals surface area contributed by atoms with E-state index in [2.05, 4.69) is 20.3 Å². The van der Waals surface area contributed by atoms with Crippen molar-refractivity contribution in [1.29, 1.82) is 0 Å². The van der Waals surface area contributed by atoms with E-state index in [1.54, 1.807) is 37.5 Å². The topological polar surface area (TPSA) is 97.1 Å². The van der Waals surface area contributed by atoms with E-state index in [9.17, 15) is 10.1 Å². The number of rotatable bonds is 5. The van der Waals surface area contributed by atoms with Gasteiger partial charge in [-0.1, -0.05) is 6.07 Å². The fourth-order valence-corrected chi connectivity index (χ4v) is 1.68. The van der Waals surface area contributed by atoms with Crippen LogP contribution in [-0.2, 0) is 6.54 Å². The lowest BCUT2D eigenvalue weighted by molar-refractivity contribution is -0.383. The molecule has 20 heavy (non-hydrogen) atoms. The average Bonchev–Trinajstić information content (AvgIpc) is 2.45. The van der Waals surface area contributed by atoms with Crippen molar-refractivity contribution in [3.05, 3.63) is 46.5 Å². The van der Waals surface area contributed by atoms with Crippen LogP contribution in [0.2, 0.25) is 0 Å². The van der Waals surface area contributed by atoms with E-state index in [1.807, 2.05) is 6.07 Å². The van der Waals surface area contributed by atoms with E-state index in [1.165, 1.54) is 6.33 Å². The van der Waals surface area contributed by atoms with Gasteiger partial charge in [0.25, 0.3) is 0 Å². The van der Waals surface area contributed by atoms with Crippen LogP contribution in [0.1, 0.15) is 5.56 Å². The lowest BCUT2D eigenvalue weighted by atomic mass is 10.3. The van der Waals surface area contributed by atoms with Crippen LogP contribution in [-0.4, -0.2) is 34.0 Å². The zero-order valence-corrected chi connectivity index (χ0v) is 11.1. The first-order valence-corrected chi connectivity index (χ1v) is 5.89. The second-order valence-corrected chi connectivity index (χ2v) is 4.26. The first-order chi connectivity index (χ1) is 9.59. The SMILES string of the molecule is CN(C)c1ncnc(NCc2cccnc2)c1[N+](=O)[O-]. The lowest BCUT2D eigenvalue weighted by Gasteiger charge is -2.13. The van der Waals surface area contributed by atoms with Gasteiger partial charge in [-0.3, -0.25) is 15.1 Å². The lowest BCUT2D eigenvalue weighted by Crippen LogP contribution is -2.15. The van der Waals surface area contributed by atoms with E-state index in [0.717, 1.165) is 5.56 Å². The molecule has 104 valence electrons. The fourth-order valence-electron chi connectivity index (χ4n) is 1.68. The molecular weight excluding hydrogens is 260 g/mol. The molecule has 0 aromatic carbocycles. The summed E-state index contributed by atoms with van der Waals surface area (Å²) >= 11 is 0. The Kier molecular flexibility index (Phi) is 4.04. The number of hydrogen-bond donors (Lipinski definition) is 1. The molecule has 0 aliphatic heterocycles. The van der Waals surface area contributed by atoms with E-state index in [0.29, 0.717) is 6.54 Å². The highest BCUT2D eigenvalue weighted by atomic mass is 16.6. The summed E-state index contributed by atoms with van der Waals surface area (Å²) in [4.78, 5) is 24.2. The summed E-state index contributed by atoms with van der Waals surface area (Å²) in [6.07, 6.45) is 4.65. The molecule has 2 rings (SSSR count). The Labute approximate surface area is 115 Å². The van der Waals surface area contributed by atoms with E-state index in [-0.39, 0.29) is 17.3 Å². The van der Waals surface area contributed by atoms with Gasteiger partial charge in [-0.05, 0) is 11.6 Å². The molecule has 0 unspecified atom stereocenters. The number of aromatic nitrogens is 3. The Balaban J connectivity index is 2.27. The van der Waals surface area contributed by atoms with Crippen molar-refractivity contribution in [1.82, 2.24) is 15.0 Å². The Bertz CT molecular complexity index is 602. The molecule has 0 saturated carbocycles. The second-order valence-electron chi connectivity index (χ2n) is 4.26. The van der Waals surface area contributed by atoms with Gasteiger partial charge in [0.2, 0.25) is 11.6 Å². The van der Waals surface area contributed by atoms with Crippen molar-refractivity contribution in [2.75, 3.05) is 24.3 Å². The number of pyridine rings is 1. The minimum absolute atomic E-state index is 0.138. The fraction of sp³-hybridized carbons (Fsp3) is 0.250. The zero-order valence-electron chi connectivity index (χ0n) is 11.1. The summed E-state index contributed by atoms with van der Waals surface area (Å²) in [5.74, 6) is 0.455. The van der Waals surface area contributed by atoms with Gasteiger partial charge in [-0.2, -0.15) is 0 Å². The van der Waals surface area contributed by atoms with Gasteiger partial charge in [0, 0.05) is 33.0 Å². The van der Waals surface area contributed by atoms with Gasteiger partial charge in [-0.15, -0.1) is 0 Å². The highest BCUT2D eigenvalue weighted by Crippen LogP contribution is 2.30. The summed E-state index contributed by atoms with van der Waals surface area (Å²) < 4.78 is 0. The molecule has 0 spiro atoms. The highest BCUT2D eigenvalue weighted by molar-refractivity contribution is 5.69. The minimum atomic E-state index is -0.485. The third kappa shape index (κ3) is 2.97. The van der Waals surface area contributed by atoms with Crippen molar-refractivity contribution < 1.29 is 4.92 Å². The van der Waals surface area contributed by atoms with Crippen LogP contribution in [0, 0.1) is 10.1 Å².